The quantitative estimate of drug-likeness (QED) is 0.283. The van der Waals surface area contributed by atoms with E-state index in [1.807, 2.05) is 89.3 Å². The Morgan fingerprint density at radius 3 is 2.41 bits per heavy atom. The van der Waals surface area contributed by atoms with Gasteiger partial charge in [0.1, 0.15) is 29.3 Å². The van der Waals surface area contributed by atoms with Gasteiger partial charge >= 0.3 is 0 Å². The molecule has 2 aromatic carbocycles. The van der Waals surface area contributed by atoms with Gasteiger partial charge in [0.2, 0.25) is 5.91 Å². The molecule has 1 aliphatic heterocycles. The number of fused-ring (bicyclic) bond motifs is 1. The number of nitrogens with two attached hydrogens (primary N) is 1. The van der Waals surface area contributed by atoms with Crippen LogP contribution in [0, 0.1) is 0 Å². The molecule has 0 bridgehead atoms. The third-order valence-electron chi connectivity index (χ3n) is 7.24. The average Bonchev–Trinajstić information content (AvgIpc) is 3.62. The van der Waals surface area contributed by atoms with Crippen molar-refractivity contribution in [3.63, 3.8) is 0 Å². The van der Waals surface area contributed by atoms with Gasteiger partial charge in [-0.2, -0.15) is 5.10 Å². The summed E-state index contributed by atoms with van der Waals surface area (Å²) in [4.78, 5) is 25.4. The third kappa shape index (κ3) is 5.00. The van der Waals surface area contributed by atoms with Crippen molar-refractivity contribution >= 4 is 22.8 Å². The summed E-state index contributed by atoms with van der Waals surface area (Å²) < 4.78 is 7.95. The molecular formula is C30H31N7O2. The number of benzene rings is 2. The number of nitrogen functional groups attached to an aromatic ring is 1. The van der Waals surface area contributed by atoms with Crippen LogP contribution in [-0.4, -0.2) is 69.2 Å². The molecule has 0 fully saturated rings. The molecule has 1 aliphatic carbocycles. The van der Waals surface area contributed by atoms with Crippen LogP contribution in [0.5, 0.6) is 11.5 Å². The van der Waals surface area contributed by atoms with Gasteiger partial charge in [0.05, 0.1) is 11.4 Å². The van der Waals surface area contributed by atoms with Crippen molar-refractivity contribution in [3.05, 3.63) is 84.2 Å². The van der Waals surface area contributed by atoms with Crippen molar-refractivity contribution in [2.45, 2.75) is 18.9 Å². The molecule has 3 heterocycles. The summed E-state index contributed by atoms with van der Waals surface area (Å²) in [7, 11) is 3.97. The van der Waals surface area contributed by atoms with E-state index in [0.29, 0.717) is 18.9 Å². The molecule has 0 radical (unpaired) electrons. The molecule has 2 aliphatic rings. The predicted molar refractivity (Wildman–Crippen MR) is 151 cm³/mol. The highest BCUT2D eigenvalue weighted by atomic mass is 16.5. The first-order valence-corrected chi connectivity index (χ1v) is 13.1. The second kappa shape index (κ2) is 10.3. The standard InChI is InChI=1S/C30H31N7O2/c1-35(2)14-6-9-26(38)36-17-21-15-23(16-22(21)18-36)37-30-27(29(31)32-19-33-30)28(34-37)20-10-12-25(13-11-20)39-24-7-4-3-5-8-24/h3-13,19,23H,14-18H2,1-2H3,(H2,31,32,33). The van der Waals surface area contributed by atoms with E-state index in [0.717, 1.165) is 53.2 Å². The molecule has 4 aromatic rings. The first kappa shape index (κ1) is 24.8. The maximum Gasteiger partial charge on any atom is 0.246 e. The first-order valence-electron chi connectivity index (χ1n) is 13.1. The Morgan fingerprint density at radius 2 is 1.72 bits per heavy atom. The zero-order chi connectivity index (χ0) is 26.9. The van der Waals surface area contributed by atoms with E-state index in [1.165, 1.54) is 17.5 Å². The molecule has 0 spiro atoms. The van der Waals surface area contributed by atoms with Gasteiger partial charge in [-0.05, 0) is 74.5 Å². The number of amides is 1. The number of anilines is 1. The molecule has 0 unspecified atom stereocenters. The van der Waals surface area contributed by atoms with Gasteiger partial charge in [-0.3, -0.25) is 4.79 Å². The Morgan fingerprint density at radius 1 is 1.03 bits per heavy atom. The maximum absolute atomic E-state index is 12.6. The summed E-state index contributed by atoms with van der Waals surface area (Å²) in [5.74, 6) is 2.00. The third-order valence-corrected chi connectivity index (χ3v) is 7.24. The fourth-order valence-corrected chi connectivity index (χ4v) is 5.36. The number of carbonyl (C=O) groups excluding carboxylic acids is 1. The number of para-hydroxylation sites is 1. The lowest BCUT2D eigenvalue weighted by atomic mass is 10.1. The van der Waals surface area contributed by atoms with Crippen LogP contribution in [0.2, 0.25) is 0 Å². The lowest BCUT2D eigenvalue weighted by molar-refractivity contribution is -0.124. The molecule has 9 heteroatoms. The zero-order valence-electron chi connectivity index (χ0n) is 22.1. The van der Waals surface area contributed by atoms with Crippen molar-refractivity contribution in [3.8, 4) is 22.8 Å². The number of rotatable bonds is 7. The average molecular weight is 522 g/mol. The maximum atomic E-state index is 12.6. The smallest absolute Gasteiger partial charge is 0.246 e. The molecule has 198 valence electrons. The van der Waals surface area contributed by atoms with Gasteiger partial charge in [-0.1, -0.05) is 24.3 Å². The molecule has 9 nitrogen and oxygen atoms in total. The van der Waals surface area contributed by atoms with Gasteiger partial charge in [0.25, 0.3) is 0 Å². The van der Waals surface area contributed by atoms with Crippen LogP contribution in [0.1, 0.15) is 18.9 Å². The molecule has 39 heavy (non-hydrogen) atoms. The number of hydrogen-bond acceptors (Lipinski definition) is 7. The van der Waals surface area contributed by atoms with Gasteiger partial charge < -0.3 is 20.3 Å². The number of carbonyl (C=O) groups is 1. The Kier molecular flexibility index (Phi) is 6.58. The molecular weight excluding hydrogens is 490 g/mol. The number of ether oxygens (including phenoxy) is 1. The van der Waals surface area contributed by atoms with Gasteiger partial charge in [0, 0.05) is 31.3 Å². The predicted octanol–water partition coefficient (Wildman–Crippen LogP) is 4.46. The second-order valence-electron chi connectivity index (χ2n) is 10.3. The second-order valence-corrected chi connectivity index (χ2v) is 10.3. The van der Waals surface area contributed by atoms with Crippen LogP contribution in [0.4, 0.5) is 5.82 Å². The molecule has 6 rings (SSSR count). The van der Waals surface area contributed by atoms with Crippen LogP contribution in [0.3, 0.4) is 0 Å². The Hall–Kier alpha value is -4.50. The summed E-state index contributed by atoms with van der Waals surface area (Å²) in [6, 6.07) is 17.6. The van der Waals surface area contributed by atoms with Crippen molar-refractivity contribution in [1.29, 1.82) is 0 Å². The van der Waals surface area contributed by atoms with E-state index < -0.39 is 0 Å². The van der Waals surface area contributed by atoms with E-state index in [4.69, 9.17) is 15.6 Å². The van der Waals surface area contributed by atoms with E-state index in [1.54, 1.807) is 6.08 Å². The molecule has 2 aromatic heterocycles. The zero-order valence-corrected chi connectivity index (χ0v) is 22.1. The van der Waals surface area contributed by atoms with Gasteiger partial charge in [0.15, 0.2) is 5.65 Å². The SMILES string of the molecule is CN(C)CC=CC(=O)N1CC2=C(CC(n3nc(-c4ccc(Oc5ccccc5)cc4)c4c(N)ncnc43)C2)C1. The highest BCUT2D eigenvalue weighted by Gasteiger charge is 2.35. The molecule has 1 amide bonds. The summed E-state index contributed by atoms with van der Waals surface area (Å²) in [5.41, 5.74) is 11.4. The summed E-state index contributed by atoms with van der Waals surface area (Å²) in [5, 5.41) is 5.78. The van der Waals surface area contributed by atoms with E-state index in [-0.39, 0.29) is 11.9 Å². The van der Waals surface area contributed by atoms with E-state index in [9.17, 15) is 4.79 Å². The number of likely N-dealkylation sites (tertiary alicyclic amines) is 1. The fraction of sp³-hybridized carbons (Fsp3) is 0.267. The monoisotopic (exact) mass is 521 g/mol. The Labute approximate surface area is 227 Å². The first-order chi connectivity index (χ1) is 19.0. The van der Waals surface area contributed by atoms with Gasteiger partial charge in [-0.15, -0.1) is 0 Å². The lowest BCUT2D eigenvalue weighted by Crippen LogP contribution is -2.29. The van der Waals surface area contributed by atoms with Crippen molar-refractivity contribution in [1.82, 2.24) is 29.5 Å². The molecule has 0 saturated heterocycles. The Bertz CT molecular complexity index is 1550. The van der Waals surface area contributed by atoms with E-state index >= 15 is 0 Å². The van der Waals surface area contributed by atoms with Crippen molar-refractivity contribution in [2.24, 2.45) is 0 Å². The van der Waals surface area contributed by atoms with Gasteiger partial charge in [-0.25, -0.2) is 14.6 Å². The largest absolute Gasteiger partial charge is 0.457 e. The van der Waals surface area contributed by atoms with Crippen LogP contribution in [-0.2, 0) is 4.79 Å². The minimum Gasteiger partial charge on any atom is -0.457 e. The van der Waals surface area contributed by atoms with Crippen LogP contribution in [0.25, 0.3) is 22.3 Å². The van der Waals surface area contributed by atoms with E-state index in [2.05, 4.69) is 9.97 Å². The summed E-state index contributed by atoms with van der Waals surface area (Å²) in [6.45, 7) is 2.09. The summed E-state index contributed by atoms with van der Waals surface area (Å²) >= 11 is 0. The topological polar surface area (TPSA) is 102 Å². The molecule has 2 N–H and O–H groups in total. The normalized spacial score (nSPS) is 15.7. The summed E-state index contributed by atoms with van der Waals surface area (Å²) in [6.07, 6.45) is 6.77. The van der Waals surface area contributed by atoms with Crippen molar-refractivity contribution in [2.75, 3.05) is 39.5 Å². The van der Waals surface area contributed by atoms with Crippen LogP contribution < -0.4 is 10.5 Å². The minimum absolute atomic E-state index is 0.0647. The fourth-order valence-electron chi connectivity index (χ4n) is 5.36. The lowest BCUT2D eigenvalue weighted by Gasteiger charge is -2.20. The number of likely N-dealkylation sites (N-methyl/N-ethyl adjacent to an activating group) is 1. The van der Waals surface area contributed by atoms with Crippen LogP contribution >= 0.6 is 0 Å². The molecule has 0 atom stereocenters. The highest BCUT2D eigenvalue weighted by Crippen LogP contribution is 2.42. The number of aromatic nitrogens is 4. The molecule has 0 saturated carbocycles. The van der Waals surface area contributed by atoms with Crippen LogP contribution in [0.15, 0.2) is 84.2 Å². The minimum atomic E-state index is 0.0647. The number of hydrogen-bond donors (Lipinski definition) is 1. The highest BCUT2D eigenvalue weighted by molar-refractivity contribution is 5.98. The number of nitrogens with zero attached hydrogens (tertiary/aromatic N) is 6. The van der Waals surface area contributed by atoms with Crippen molar-refractivity contribution < 1.29 is 9.53 Å². The Balaban J connectivity index is 1.21.